The average molecular weight is 344 g/mol. The van der Waals surface area contributed by atoms with Crippen LogP contribution in [0.4, 0.5) is 10.5 Å². The summed E-state index contributed by atoms with van der Waals surface area (Å²) in [5.74, 6) is -0.533. The van der Waals surface area contributed by atoms with Gasteiger partial charge in [-0.3, -0.25) is 14.9 Å². The van der Waals surface area contributed by atoms with Gasteiger partial charge < -0.3 is 14.7 Å². The third kappa shape index (κ3) is 2.94. The summed E-state index contributed by atoms with van der Waals surface area (Å²) in [5, 5.41) is 2.28. The first-order chi connectivity index (χ1) is 11.7. The van der Waals surface area contributed by atoms with Gasteiger partial charge in [-0.1, -0.05) is 18.2 Å². The van der Waals surface area contributed by atoms with Crippen LogP contribution in [-0.4, -0.2) is 59.4 Å². The molecule has 2 aliphatic heterocycles. The van der Waals surface area contributed by atoms with E-state index in [-0.39, 0.29) is 24.4 Å². The minimum absolute atomic E-state index is 0.00521. The lowest BCUT2D eigenvalue weighted by Crippen LogP contribution is -2.51. The molecule has 1 saturated heterocycles. The molecule has 25 heavy (non-hydrogen) atoms. The van der Waals surface area contributed by atoms with E-state index in [1.165, 1.54) is 4.90 Å². The second kappa shape index (κ2) is 6.06. The van der Waals surface area contributed by atoms with Crippen LogP contribution in [-0.2, 0) is 16.1 Å². The largest absolute Gasteiger partial charge is 0.372 e. The Bertz CT molecular complexity index is 731. The van der Waals surface area contributed by atoms with E-state index in [2.05, 4.69) is 10.2 Å². The number of carbonyl (C=O) groups is 3. The summed E-state index contributed by atoms with van der Waals surface area (Å²) in [5.41, 5.74) is 1.17. The van der Waals surface area contributed by atoms with Crippen molar-refractivity contribution in [1.29, 1.82) is 0 Å². The Morgan fingerprint density at radius 3 is 2.60 bits per heavy atom. The van der Waals surface area contributed by atoms with E-state index in [9.17, 15) is 14.4 Å². The van der Waals surface area contributed by atoms with Gasteiger partial charge in [-0.2, -0.15) is 0 Å². The summed E-state index contributed by atoms with van der Waals surface area (Å²) < 4.78 is 0. The van der Waals surface area contributed by atoms with Crippen LogP contribution in [0, 0.1) is 0 Å². The molecule has 0 saturated carbocycles. The van der Waals surface area contributed by atoms with Crippen molar-refractivity contribution in [3.05, 3.63) is 29.8 Å². The van der Waals surface area contributed by atoms with Crippen LogP contribution in [0.2, 0.25) is 0 Å². The number of amides is 4. The fourth-order valence-corrected chi connectivity index (χ4v) is 3.47. The number of fused-ring (bicyclic) bond motifs is 1. The molecule has 0 bridgehead atoms. The van der Waals surface area contributed by atoms with E-state index in [4.69, 9.17) is 0 Å². The summed E-state index contributed by atoms with van der Waals surface area (Å²) in [6, 6.07) is 7.49. The molecule has 1 aromatic carbocycles. The number of hydrogen-bond donors (Lipinski definition) is 1. The molecule has 2 heterocycles. The highest BCUT2D eigenvalue weighted by molar-refractivity contribution is 6.07. The van der Waals surface area contributed by atoms with Gasteiger partial charge in [0.1, 0.15) is 12.1 Å². The van der Waals surface area contributed by atoms with E-state index < -0.39 is 11.6 Å². The molecular formula is C18H24N4O3. The molecule has 1 aromatic rings. The number of nitrogens with zero attached hydrogens (tertiary/aromatic N) is 3. The molecule has 7 nitrogen and oxygen atoms in total. The molecule has 1 fully saturated rings. The molecule has 1 atom stereocenters. The maximum Gasteiger partial charge on any atom is 0.325 e. The van der Waals surface area contributed by atoms with Gasteiger partial charge in [0, 0.05) is 31.9 Å². The summed E-state index contributed by atoms with van der Waals surface area (Å²) in [4.78, 5) is 42.1. The van der Waals surface area contributed by atoms with Crippen molar-refractivity contribution in [3.8, 4) is 0 Å². The molecule has 3 rings (SSSR count). The van der Waals surface area contributed by atoms with Gasteiger partial charge in [-0.05, 0) is 32.4 Å². The first-order valence-corrected chi connectivity index (χ1v) is 8.43. The number of anilines is 1. The summed E-state index contributed by atoms with van der Waals surface area (Å²) >= 11 is 0. The lowest BCUT2D eigenvalue weighted by Gasteiger charge is -2.33. The van der Waals surface area contributed by atoms with Crippen LogP contribution in [0.5, 0.6) is 0 Å². The highest BCUT2D eigenvalue weighted by atomic mass is 16.2. The number of rotatable bonds is 2. The molecule has 0 unspecified atom stereocenters. The zero-order valence-corrected chi connectivity index (χ0v) is 15.1. The van der Waals surface area contributed by atoms with Crippen molar-refractivity contribution >= 4 is 23.5 Å². The van der Waals surface area contributed by atoms with Crippen LogP contribution < -0.4 is 10.2 Å². The summed E-state index contributed by atoms with van der Waals surface area (Å²) in [7, 11) is 2.01. The number of urea groups is 1. The molecule has 4 amide bonds. The van der Waals surface area contributed by atoms with Crippen LogP contribution in [0.3, 0.4) is 0 Å². The predicted molar refractivity (Wildman–Crippen MR) is 94.0 cm³/mol. The van der Waals surface area contributed by atoms with E-state index in [0.717, 1.165) is 11.3 Å². The van der Waals surface area contributed by atoms with Gasteiger partial charge in [0.15, 0.2) is 0 Å². The van der Waals surface area contributed by atoms with Gasteiger partial charge in [0.25, 0.3) is 5.91 Å². The lowest BCUT2D eigenvalue weighted by atomic mass is 10.0. The second-order valence-corrected chi connectivity index (χ2v) is 7.28. The van der Waals surface area contributed by atoms with Gasteiger partial charge >= 0.3 is 6.03 Å². The Morgan fingerprint density at radius 2 is 1.96 bits per heavy atom. The second-order valence-electron chi connectivity index (χ2n) is 7.28. The Morgan fingerprint density at radius 1 is 1.28 bits per heavy atom. The number of hydrogen-bond acceptors (Lipinski definition) is 4. The van der Waals surface area contributed by atoms with Gasteiger partial charge in [0.05, 0.1) is 0 Å². The Labute approximate surface area is 147 Å². The van der Waals surface area contributed by atoms with Crippen LogP contribution >= 0.6 is 0 Å². The van der Waals surface area contributed by atoms with Crippen LogP contribution in [0.15, 0.2) is 24.3 Å². The van der Waals surface area contributed by atoms with Crippen molar-refractivity contribution < 1.29 is 14.4 Å². The van der Waals surface area contributed by atoms with Crippen LogP contribution in [0.25, 0.3) is 0 Å². The fraction of sp³-hybridized carbons (Fsp3) is 0.500. The highest BCUT2D eigenvalue weighted by Gasteiger charge is 2.46. The molecule has 7 heteroatoms. The number of benzene rings is 1. The van der Waals surface area contributed by atoms with Crippen molar-refractivity contribution in [2.75, 3.05) is 25.0 Å². The minimum atomic E-state index is -1.02. The fourth-order valence-electron chi connectivity index (χ4n) is 3.47. The smallest absolute Gasteiger partial charge is 0.325 e. The molecule has 0 aliphatic carbocycles. The Hall–Kier alpha value is -2.57. The Kier molecular flexibility index (Phi) is 4.18. The van der Waals surface area contributed by atoms with Crippen LogP contribution in [0.1, 0.15) is 26.3 Å². The molecule has 2 aliphatic rings. The van der Waals surface area contributed by atoms with Crippen molar-refractivity contribution in [2.45, 2.75) is 38.9 Å². The molecule has 0 aromatic heterocycles. The van der Waals surface area contributed by atoms with Crippen molar-refractivity contribution in [3.63, 3.8) is 0 Å². The average Bonchev–Trinajstić information content (AvgIpc) is 2.68. The predicted octanol–water partition coefficient (Wildman–Crippen LogP) is 1.18. The lowest BCUT2D eigenvalue weighted by molar-refractivity contribution is -0.135. The maximum absolute atomic E-state index is 12.9. The van der Waals surface area contributed by atoms with E-state index in [0.29, 0.717) is 13.1 Å². The van der Waals surface area contributed by atoms with Gasteiger partial charge in [-0.25, -0.2) is 4.79 Å². The van der Waals surface area contributed by atoms with Crippen molar-refractivity contribution in [2.24, 2.45) is 0 Å². The first kappa shape index (κ1) is 17.3. The summed E-state index contributed by atoms with van der Waals surface area (Å²) in [6.45, 7) is 6.38. The number of imide groups is 1. The highest BCUT2D eigenvalue weighted by Crippen LogP contribution is 2.27. The topological polar surface area (TPSA) is 73.0 Å². The monoisotopic (exact) mass is 344 g/mol. The van der Waals surface area contributed by atoms with Gasteiger partial charge in [-0.15, -0.1) is 0 Å². The quantitative estimate of drug-likeness (QED) is 0.818. The number of likely N-dealkylation sites (N-methyl/N-ethyl adjacent to an activating group) is 1. The SMILES string of the molecule is C[C@@H]1CN(C)c2ccccc2CN1C(=O)CN1C(=O)NC(=O)C1(C)C. The first-order valence-electron chi connectivity index (χ1n) is 8.43. The standard InChI is InChI=1S/C18H24N4O3/c1-12-9-20(4)14-8-6-5-7-13(14)10-21(12)15(23)11-22-17(25)19-16(24)18(22,2)3/h5-8,12H,9-11H2,1-4H3,(H,19,24,25)/t12-/m1/s1. The van der Waals surface area contributed by atoms with E-state index in [1.807, 2.05) is 38.2 Å². The number of carbonyl (C=O) groups excluding carboxylic acids is 3. The minimum Gasteiger partial charge on any atom is -0.372 e. The number of nitrogens with one attached hydrogen (secondary N) is 1. The summed E-state index contributed by atoms with van der Waals surface area (Å²) in [6.07, 6.45) is 0. The maximum atomic E-state index is 12.9. The third-order valence-corrected chi connectivity index (χ3v) is 5.12. The molecule has 0 radical (unpaired) electrons. The zero-order valence-electron chi connectivity index (χ0n) is 15.1. The number of para-hydroxylation sites is 1. The van der Waals surface area contributed by atoms with Crippen molar-refractivity contribution in [1.82, 2.24) is 15.1 Å². The van der Waals surface area contributed by atoms with E-state index in [1.54, 1.807) is 18.7 Å². The molecule has 0 spiro atoms. The molecular weight excluding hydrogens is 320 g/mol. The Balaban J connectivity index is 1.82. The molecule has 1 N–H and O–H groups in total. The molecule has 134 valence electrons. The van der Waals surface area contributed by atoms with E-state index >= 15 is 0 Å². The third-order valence-electron chi connectivity index (χ3n) is 5.12. The zero-order chi connectivity index (χ0) is 18.4. The normalized spacial score (nSPS) is 22.6. The van der Waals surface area contributed by atoms with Gasteiger partial charge in [0.2, 0.25) is 5.91 Å².